The molecule has 2 rings (SSSR count). The smallest absolute Gasteiger partial charge is 0.238 e. The van der Waals surface area contributed by atoms with Crippen LogP contribution in [-0.4, -0.2) is 23.4 Å². The number of rotatable bonds is 5. The van der Waals surface area contributed by atoms with E-state index in [0.717, 1.165) is 5.56 Å². The summed E-state index contributed by atoms with van der Waals surface area (Å²) < 4.78 is 22.3. The second-order valence-corrected chi connectivity index (χ2v) is 6.19. The van der Waals surface area contributed by atoms with Gasteiger partial charge >= 0.3 is 0 Å². The predicted molar refractivity (Wildman–Crippen MR) is 83.1 cm³/mol. The van der Waals surface area contributed by atoms with Crippen LogP contribution in [0.2, 0.25) is 0 Å². The first-order valence-corrected chi connectivity index (χ1v) is 7.79. The quantitative estimate of drug-likeness (QED) is 0.679. The van der Waals surface area contributed by atoms with Crippen molar-refractivity contribution in [1.29, 1.82) is 0 Å². The standard InChI is InChI=1S/C12H13N5O2S2/c13-12(20)10-6-17-11(7-15-10)16-5-8-1-3-9(4-2-8)21(14,18)19/h1-4,6-7H,5H2,(H2,13,20)(H,16,17)(H2,14,18,19). The lowest BCUT2D eigenvalue weighted by Gasteiger charge is -2.06. The van der Waals surface area contributed by atoms with Crippen LogP contribution in [0.15, 0.2) is 41.6 Å². The van der Waals surface area contributed by atoms with Crippen molar-refractivity contribution < 1.29 is 8.42 Å². The fraction of sp³-hybridized carbons (Fsp3) is 0.0833. The highest BCUT2D eigenvalue weighted by molar-refractivity contribution is 7.89. The molecule has 0 unspecified atom stereocenters. The first kappa shape index (κ1) is 15.3. The maximum absolute atomic E-state index is 11.1. The molecule has 7 nitrogen and oxygen atoms in total. The molecule has 0 aliphatic carbocycles. The number of nitrogens with one attached hydrogen (secondary N) is 1. The van der Waals surface area contributed by atoms with Crippen LogP contribution in [0.1, 0.15) is 11.3 Å². The lowest BCUT2D eigenvalue weighted by atomic mass is 10.2. The number of benzene rings is 1. The lowest BCUT2D eigenvalue weighted by Crippen LogP contribution is -2.13. The Labute approximate surface area is 127 Å². The molecule has 0 bridgehead atoms. The van der Waals surface area contributed by atoms with Gasteiger partial charge in [-0.3, -0.25) is 0 Å². The van der Waals surface area contributed by atoms with Gasteiger partial charge in [0.25, 0.3) is 0 Å². The van der Waals surface area contributed by atoms with Crippen molar-refractivity contribution in [3.8, 4) is 0 Å². The van der Waals surface area contributed by atoms with Crippen LogP contribution in [0, 0.1) is 0 Å². The van der Waals surface area contributed by atoms with Crippen LogP contribution in [0.4, 0.5) is 5.82 Å². The molecule has 21 heavy (non-hydrogen) atoms. The van der Waals surface area contributed by atoms with Crippen molar-refractivity contribution in [1.82, 2.24) is 9.97 Å². The molecule has 0 aliphatic rings. The normalized spacial score (nSPS) is 11.1. The molecule has 0 atom stereocenters. The Morgan fingerprint density at radius 1 is 1.19 bits per heavy atom. The van der Waals surface area contributed by atoms with Crippen molar-refractivity contribution >= 4 is 33.0 Å². The van der Waals surface area contributed by atoms with Gasteiger partial charge in [-0.1, -0.05) is 24.4 Å². The van der Waals surface area contributed by atoms with Gasteiger partial charge in [0.05, 0.1) is 17.3 Å². The molecule has 0 aliphatic heterocycles. The van der Waals surface area contributed by atoms with Crippen molar-refractivity contribution in [2.45, 2.75) is 11.4 Å². The maximum atomic E-state index is 11.1. The summed E-state index contributed by atoms with van der Waals surface area (Å²) in [6.45, 7) is 0.464. The molecule has 0 amide bonds. The average molecular weight is 323 g/mol. The minimum Gasteiger partial charge on any atom is -0.388 e. The summed E-state index contributed by atoms with van der Waals surface area (Å²) in [6.07, 6.45) is 3.00. The Hall–Kier alpha value is -2.10. The number of nitrogens with two attached hydrogens (primary N) is 2. The summed E-state index contributed by atoms with van der Waals surface area (Å²) in [5.74, 6) is 0.561. The van der Waals surface area contributed by atoms with Gasteiger partial charge in [0.15, 0.2) is 0 Å². The SMILES string of the molecule is NC(=S)c1cnc(NCc2ccc(S(N)(=O)=O)cc2)cn1. The Balaban J connectivity index is 2.01. The number of hydrogen-bond acceptors (Lipinski definition) is 6. The summed E-state index contributed by atoms with van der Waals surface area (Å²) in [5, 5.41) is 8.07. The van der Waals surface area contributed by atoms with Crippen LogP contribution in [-0.2, 0) is 16.6 Å². The highest BCUT2D eigenvalue weighted by atomic mass is 32.2. The van der Waals surface area contributed by atoms with Gasteiger partial charge in [-0.2, -0.15) is 0 Å². The third-order valence-electron chi connectivity index (χ3n) is 2.63. The number of primary sulfonamides is 1. The van der Waals surface area contributed by atoms with Crippen molar-refractivity contribution in [2.75, 3.05) is 5.32 Å². The Kier molecular flexibility index (Phi) is 4.46. The minimum absolute atomic E-state index is 0.0758. The highest BCUT2D eigenvalue weighted by Gasteiger charge is 2.06. The van der Waals surface area contributed by atoms with Crippen LogP contribution in [0.3, 0.4) is 0 Å². The van der Waals surface area contributed by atoms with E-state index in [-0.39, 0.29) is 9.88 Å². The van der Waals surface area contributed by atoms with Crippen molar-refractivity contribution in [3.63, 3.8) is 0 Å². The van der Waals surface area contributed by atoms with Crippen LogP contribution >= 0.6 is 12.2 Å². The first-order valence-electron chi connectivity index (χ1n) is 5.84. The third-order valence-corrected chi connectivity index (χ3v) is 3.77. The van der Waals surface area contributed by atoms with Gasteiger partial charge in [-0.25, -0.2) is 23.5 Å². The average Bonchev–Trinajstić information content (AvgIpc) is 2.45. The van der Waals surface area contributed by atoms with Crippen LogP contribution in [0.5, 0.6) is 0 Å². The molecule has 0 saturated heterocycles. The molecule has 1 aromatic carbocycles. The van der Waals surface area contributed by atoms with E-state index in [4.69, 9.17) is 23.1 Å². The van der Waals surface area contributed by atoms with Crippen LogP contribution < -0.4 is 16.2 Å². The summed E-state index contributed by atoms with van der Waals surface area (Å²) in [7, 11) is -3.67. The van der Waals surface area contributed by atoms with Crippen molar-refractivity contribution in [3.05, 3.63) is 47.9 Å². The van der Waals surface area contributed by atoms with Crippen LogP contribution in [0.25, 0.3) is 0 Å². The highest BCUT2D eigenvalue weighted by Crippen LogP contribution is 2.10. The van der Waals surface area contributed by atoms with E-state index in [2.05, 4.69) is 15.3 Å². The summed E-state index contributed by atoms with van der Waals surface area (Å²) in [6, 6.07) is 6.25. The predicted octanol–water partition coefficient (Wildman–Crippen LogP) is 0.370. The van der Waals surface area contributed by atoms with Gasteiger partial charge in [0, 0.05) is 6.54 Å². The van der Waals surface area contributed by atoms with E-state index < -0.39 is 10.0 Å². The number of aromatic nitrogens is 2. The molecule has 5 N–H and O–H groups in total. The second-order valence-electron chi connectivity index (χ2n) is 4.19. The number of nitrogens with zero attached hydrogens (tertiary/aromatic N) is 2. The Bertz CT molecular complexity index is 742. The number of thiocarbonyl (C=S) groups is 1. The second kappa shape index (κ2) is 6.12. The van der Waals surface area contributed by atoms with E-state index in [9.17, 15) is 8.42 Å². The lowest BCUT2D eigenvalue weighted by molar-refractivity contribution is 0.598. The minimum atomic E-state index is -3.67. The molecule has 1 heterocycles. The molecule has 2 aromatic rings. The molecule has 0 spiro atoms. The zero-order valence-electron chi connectivity index (χ0n) is 10.9. The number of anilines is 1. The van der Waals surface area contributed by atoms with Gasteiger partial charge < -0.3 is 11.1 Å². The van der Waals surface area contributed by atoms with E-state index in [1.807, 2.05) is 0 Å². The fourth-order valence-corrected chi connectivity index (χ4v) is 2.16. The maximum Gasteiger partial charge on any atom is 0.238 e. The molecular weight excluding hydrogens is 310 g/mol. The molecule has 0 saturated carbocycles. The van der Waals surface area contributed by atoms with E-state index in [1.54, 1.807) is 12.1 Å². The zero-order valence-corrected chi connectivity index (χ0v) is 12.5. The molecular formula is C12H13N5O2S2. The van der Waals surface area contributed by atoms with Gasteiger partial charge in [0.1, 0.15) is 16.5 Å². The monoisotopic (exact) mass is 323 g/mol. The third kappa shape index (κ3) is 4.18. The molecule has 9 heteroatoms. The first-order chi connectivity index (χ1) is 9.86. The van der Waals surface area contributed by atoms with E-state index >= 15 is 0 Å². The zero-order chi connectivity index (χ0) is 15.5. The van der Waals surface area contributed by atoms with E-state index in [0.29, 0.717) is 18.1 Å². The largest absolute Gasteiger partial charge is 0.388 e. The summed E-state index contributed by atoms with van der Waals surface area (Å²) >= 11 is 4.78. The van der Waals surface area contributed by atoms with Crippen molar-refractivity contribution in [2.24, 2.45) is 10.9 Å². The van der Waals surface area contributed by atoms with Gasteiger partial charge in [-0.15, -0.1) is 0 Å². The van der Waals surface area contributed by atoms with Gasteiger partial charge in [-0.05, 0) is 17.7 Å². The topological polar surface area (TPSA) is 124 Å². The Morgan fingerprint density at radius 3 is 2.33 bits per heavy atom. The fourth-order valence-electron chi connectivity index (χ4n) is 1.54. The molecule has 0 fully saturated rings. The summed E-state index contributed by atoms with van der Waals surface area (Å²) in [5.41, 5.74) is 6.76. The molecule has 0 radical (unpaired) electrons. The summed E-state index contributed by atoms with van der Waals surface area (Å²) in [4.78, 5) is 8.43. The number of sulfonamides is 1. The Morgan fingerprint density at radius 2 is 1.86 bits per heavy atom. The molecule has 110 valence electrons. The molecule has 1 aromatic heterocycles. The van der Waals surface area contributed by atoms with Gasteiger partial charge in [0.2, 0.25) is 10.0 Å². The number of hydrogen-bond donors (Lipinski definition) is 3. The van der Waals surface area contributed by atoms with E-state index in [1.165, 1.54) is 24.5 Å².